The number of hydrogen-bond donors (Lipinski definition) is 0. The summed E-state index contributed by atoms with van der Waals surface area (Å²) in [5.41, 5.74) is 0. The van der Waals surface area contributed by atoms with E-state index >= 15 is 0 Å². The van der Waals surface area contributed by atoms with Crippen molar-refractivity contribution in [3.8, 4) is 0 Å². The number of aryl methyl sites for hydroxylation is 2. The van der Waals surface area contributed by atoms with Gasteiger partial charge in [0.15, 0.2) is 4.77 Å². The van der Waals surface area contributed by atoms with Gasteiger partial charge in [-0.2, -0.15) is 57.1 Å². The number of imidazole rings is 1. The summed E-state index contributed by atoms with van der Waals surface area (Å²) in [6.45, 7) is 1.09. The highest BCUT2D eigenvalue weighted by Crippen LogP contribution is 2.60. The fourth-order valence-corrected chi connectivity index (χ4v) is 3.38. The molecular formula is C19H23F13N2S. The number of nitrogens with zero attached hydrogens (tertiary/aromatic N) is 2. The molecule has 0 amide bonds. The Morgan fingerprint density at radius 1 is 0.600 bits per heavy atom. The van der Waals surface area contributed by atoms with Gasteiger partial charge in [-0.1, -0.05) is 39.0 Å². The molecule has 0 saturated heterocycles. The molecular weight excluding hydrogens is 535 g/mol. The van der Waals surface area contributed by atoms with Crippen LogP contribution in [0, 0.1) is 4.77 Å². The van der Waals surface area contributed by atoms with Gasteiger partial charge in [0.25, 0.3) is 0 Å². The first-order valence-electron chi connectivity index (χ1n) is 10.4. The molecule has 35 heavy (non-hydrogen) atoms. The quantitative estimate of drug-likeness (QED) is 0.126. The average Bonchev–Trinajstić information content (AvgIpc) is 3.07. The van der Waals surface area contributed by atoms with E-state index in [2.05, 4.69) is 0 Å². The molecule has 1 heterocycles. The van der Waals surface area contributed by atoms with E-state index in [1.807, 2.05) is 6.92 Å². The van der Waals surface area contributed by atoms with Crippen molar-refractivity contribution in [2.45, 2.75) is 101 Å². The van der Waals surface area contributed by atoms with Crippen LogP contribution >= 0.6 is 12.2 Å². The third-order valence-electron chi connectivity index (χ3n) is 5.34. The molecule has 0 spiro atoms. The first kappa shape index (κ1) is 31.5. The molecule has 0 saturated carbocycles. The van der Waals surface area contributed by atoms with Crippen molar-refractivity contribution in [2.75, 3.05) is 0 Å². The van der Waals surface area contributed by atoms with Gasteiger partial charge < -0.3 is 9.13 Å². The summed E-state index contributed by atoms with van der Waals surface area (Å²) in [4.78, 5) is 0. The Hall–Kier alpha value is -1.48. The van der Waals surface area contributed by atoms with E-state index in [0.717, 1.165) is 42.9 Å². The molecule has 0 unspecified atom stereocenters. The van der Waals surface area contributed by atoms with E-state index in [-0.39, 0.29) is 4.77 Å². The second kappa shape index (κ2) is 10.9. The standard InChI is InChI=1S/C19H23F13N2S/c1-2-3-4-5-6-7-9-33-11-12-34(13(33)35)10-8-14(20,21)15(22,23)16(24,25)17(26,27)18(28,29)19(30,31)32/h11-12H,2-10H2,1H3. The maximum absolute atomic E-state index is 13.9. The fraction of sp³-hybridized carbons (Fsp3) is 0.842. The number of hydrogen-bond acceptors (Lipinski definition) is 1. The number of rotatable bonds is 14. The third kappa shape index (κ3) is 6.09. The lowest BCUT2D eigenvalue weighted by molar-refractivity contribution is -0.440. The Bertz CT molecular complexity index is 871. The predicted octanol–water partition coefficient (Wildman–Crippen LogP) is 8.51. The molecule has 0 fully saturated rings. The van der Waals surface area contributed by atoms with Crippen LogP contribution in [0.2, 0.25) is 0 Å². The topological polar surface area (TPSA) is 9.86 Å². The molecule has 0 aliphatic rings. The largest absolute Gasteiger partial charge is 0.460 e. The van der Waals surface area contributed by atoms with E-state index in [4.69, 9.17) is 12.2 Å². The van der Waals surface area contributed by atoms with Crippen LogP contribution in [0.5, 0.6) is 0 Å². The number of unbranched alkanes of at least 4 members (excludes halogenated alkanes) is 5. The van der Waals surface area contributed by atoms with Gasteiger partial charge in [-0.3, -0.25) is 0 Å². The first-order valence-corrected chi connectivity index (χ1v) is 10.8. The Morgan fingerprint density at radius 3 is 1.51 bits per heavy atom. The highest BCUT2D eigenvalue weighted by Gasteiger charge is 2.90. The minimum Gasteiger partial charge on any atom is -0.324 e. The minimum atomic E-state index is -7.89. The molecule has 0 aliphatic heterocycles. The second-order valence-corrected chi connectivity index (χ2v) is 8.35. The van der Waals surface area contributed by atoms with E-state index in [0.29, 0.717) is 13.0 Å². The van der Waals surface area contributed by atoms with Gasteiger partial charge in [0, 0.05) is 31.9 Å². The zero-order chi connectivity index (χ0) is 27.5. The summed E-state index contributed by atoms with van der Waals surface area (Å²) in [5, 5.41) is 0. The molecule has 1 aromatic heterocycles. The lowest BCUT2D eigenvalue weighted by Crippen LogP contribution is -2.70. The van der Waals surface area contributed by atoms with Crippen molar-refractivity contribution in [3.05, 3.63) is 17.2 Å². The van der Waals surface area contributed by atoms with Crippen LogP contribution in [0.1, 0.15) is 51.9 Å². The molecule has 0 aliphatic carbocycles. The molecule has 206 valence electrons. The molecule has 0 bridgehead atoms. The number of aromatic nitrogens is 2. The van der Waals surface area contributed by atoms with E-state index in [1.165, 1.54) is 10.8 Å². The Balaban J connectivity index is 2.99. The summed E-state index contributed by atoms with van der Waals surface area (Å²) in [6, 6.07) is 0. The first-order chi connectivity index (χ1) is 15.7. The van der Waals surface area contributed by atoms with Gasteiger partial charge in [-0.05, 0) is 18.6 Å². The maximum Gasteiger partial charge on any atom is 0.460 e. The van der Waals surface area contributed by atoms with E-state index in [1.54, 1.807) is 0 Å². The van der Waals surface area contributed by atoms with Gasteiger partial charge in [0.2, 0.25) is 0 Å². The van der Waals surface area contributed by atoms with Crippen LogP contribution in [0.3, 0.4) is 0 Å². The molecule has 0 N–H and O–H groups in total. The third-order valence-corrected chi connectivity index (χ3v) is 5.80. The van der Waals surface area contributed by atoms with Gasteiger partial charge in [0.1, 0.15) is 0 Å². The number of halogens is 13. The van der Waals surface area contributed by atoms with Crippen LogP contribution in [0.15, 0.2) is 12.4 Å². The molecule has 1 aromatic rings. The maximum atomic E-state index is 13.9. The summed E-state index contributed by atoms with van der Waals surface area (Å²) in [6.07, 6.45) is -2.06. The summed E-state index contributed by atoms with van der Waals surface area (Å²) in [5.74, 6) is -36.8. The molecule has 16 heteroatoms. The molecule has 1 rings (SSSR count). The Morgan fingerprint density at radius 2 is 1.03 bits per heavy atom. The van der Waals surface area contributed by atoms with Gasteiger partial charge in [-0.25, -0.2) is 0 Å². The predicted molar refractivity (Wildman–Crippen MR) is 102 cm³/mol. The Kier molecular flexibility index (Phi) is 9.80. The summed E-state index contributed by atoms with van der Waals surface area (Å²) in [7, 11) is 0. The number of alkyl halides is 13. The van der Waals surface area contributed by atoms with E-state index < -0.39 is 48.8 Å². The molecule has 2 nitrogen and oxygen atoms in total. The van der Waals surface area contributed by atoms with Crippen molar-refractivity contribution in [1.82, 2.24) is 9.13 Å². The minimum absolute atomic E-state index is 0.196. The Labute approximate surface area is 197 Å². The lowest BCUT2D eigenvalue weighted by Gasteiger charge is -2.39. The monoisotopic (exact) mass is 558 g/mol. The normalized spacial score (nSPS) is 14.6. The van der Waals surface area contributed by atoms with Crippen molar-refractivity contribution < 1.29 is 57.1 Å². The molecule has 0 atom stereocenters. The fourth-order valence-electron chi connectivity index (χ4n) is 3.08. The van der Waals surface area contributed by atoms with Crippen LogP contribution in [-0.4, -0.2) is 44.9 Å². The summed E-state index contributed by atoms with van der Waals surface area (Å²) < 4.78 is 173. The van der Waals surface area contributed by atoms with Crippen LogP contribution in [0.25, 0.3) is 0 Å². The van der Waals surface area contributed by atoms with Crippen molar-refractivity contribution >= 4 is 12.2 Å². The lowest BCUT2D eigenvalue weighted by atomic mass is 9.92. The zero-order valence-corrected chi connectivity index (χ0v) is 19.1. The van der Waals surface area contributed by atoms with Crippen LogP contribution < -0.4 is 0 Å². The van der Waals surface area contributed by atoms with Gasteiger partial charge >= 0.3 is 35.8 Å². The van der Waals surface area contributed by atoms with Crippen LogP contribution in [-0.2, 0) is 13.1 Å². The van der Waals surface area contributed by atoms with Crippen molar-refractivity contribution in [3.63, 3.8) is 0 Å². The highest BCUT2D eigenvalue weighted by atomic mass is 32.1. The smallest absolute Gasteiger partial charge is 0.324 e. The highest BCUT2D eigenvalue weighted by molar-refractivity contribution is 7.71. The summed E-state index contributed by atoms with van der Waals surface area (Å²) >= 11 is 4.95. The SMILES string of the molecule is CCCCCCCCn1ccn(CCC(F)(F)C(F)(F)C(F)(F)C(F)(F)C(F)(F)C(F)(F)F)c1=S. The molecule has 0 aromatic carbocycles. The van der Waals surface area contributed by atoms with Crippen molar-refractivity contribution in [1.29, 1.82) is 0 Å². The average molecular weight is 558 g/mol. The van der Waals surface area contributed by atoms with Crippen molar-refractivity contribution in [2.24, 2.45) is 0 Å². The zero-order valence-electron chi connectivity index (χ0n) is 18.2. The van der Waals surface area contributed by atoms with E-state index in [9.17, 15) is 57.1 Å². The van der Waals surface area contributed by atoms with Gasteiger partial charge in [-0.15, -0.1) is 0 Å². The van der Waals surface area contributed by atoms with Crippen LogP contribution in [0.4, 0.5) is 57.1 Å². The molecule has 0 radical (unpaired) electrons. The second-order valence-electron chi connectivity index (χ2n) is 7.99. The van der Waals surface area contributed by atoms with Gasteiger partial charge in [0.05, 0.1) is 0 Å².